The number of halogens is 1. The Hall–Kier alpha value is -2.62. The van der Waals surface area contributed by atoms with Crippen molar-refractivity contribution in [1.82, 2.24) is 18.7 Å². The molecule has 29 heavy (non-hydrogen) atoms. The van der Waals surface area contributed by atoms with E-state index in [9.17, 15) is 19.8 Å². The fourth-order valence-corrected chi connectivity index (χ4v) is 3.39. The van der Waals surface area contributed by atoms with E-state index >= 15 is 0 Å². The van der Waals surface area contributed by atoms with Gasteiger partial charge in [0, 0.05) is 14.1 Å². The number of hydrogen-bond acceptors (Lipinski definition) is 5. The number of aromatic hydroxyl groups is 1. The lowest BCUT2D eigenvalue weighted by molar-refractivity contribution is -0.662. The molecular formula is C19H26ClN5O4. The first kappa shape index (κ1) is 22.7. The van der Waals surface area contributed by atoms with Gasteiger partial charge in [0.2, 0.25) is 0 Å². The van der Waals surface area contributed by atoms with Crippen LogP contribution in [0.5, 0.6) is 5.75 Å². The molecule has 4 N–H and O–H groups in total. The van der Waals surface area contributed by atoms with Crippen LogP contribution in [-0.2, 0) is 20.6 Å². The maximum absolute atomic E-state index is 12.4. The van der Waals surface area contributed by atoms with Crippen molar-refractivity contribution in [3.8, 4) is 5.75 Å². The molecule has 0 radical (unpaired) electrons. The van der Waals surface area contributed by atoms with Crippen molar-refractivity contribution >= 4 is 11.2 Å². The summed E-state index contributed by atoms with van der Waals surface area (Å²) in [7, 11) is 3.04. The maximum Gasteiger partial charge on any atom is 0.332 e. The fourth-order valence-electron chi connectivity index (χ4n) is 3.39. The number of quaternary nitrogens is 1. The molecule has 0 aliphatic heterocycles. The van der Waals surface area contributed by atoms with E-state index in [1.165, 1.54) is 11.6 Å². The summed E-state index contributed by atoms with van der Waals surface area (Å²) in [5, 5.41) is 22.2. The molecule has 0 saturated carbocycles. The zero-order chi connectivity index (χ0) is 20.6. The Morgan fingerprint density at radius 2 is 1.76 bits per heavy atom. The van der Waals surface area contributed by atoms with Crippen LogP contribution in [0.3, 0.4) is 0 Å². The van der Waals surface area contributed by atoms with Gasteiger partial charge in [-0.25, -0.2) is 9.78 Å². The highest BCUT2D eigenvalue weighted by Crippen LogP contribution is 2.25. The summed E-state index contributed by atoms with van der Waals surface area (Å²) < 4.78 is 4.16. The monoisotopic (exact) mass is 423 g/mol. The molecule has 1 atom stereocenters. The van der Waals surface area contributed by atoms with Crippen LogP contribution in [0.4, 0.5) is 0 Å². The molecule has 0 aliphatic rings. The third-order valence-corrected chi connectivity index (χ3v) is 5.08. The van der Waals surface area contributed by atoms with E-state index in [-0.39, 0.29) is 23.7 Å². The Balaban J connectivity index is 0.00000300. The van der Waals surface area contributed by atoms with Gasteiger partial charge in [-0.3, -0.25) is 13.9 Å². The Kier molecular flexibility index (Phi) is 6.89. The van der Waals surface area contributed by atoms with Crippen molar-refractivity contribution in [1.29, 1.82) is 0 Å². The summed E-state index contributed by atoms with van der Waals surface area (Å²) >= 11 is 0. The summed E-state index contributed by atoms with van der Waals surface area (Å²) in [6.07, 6.45) is 0.897. The van der Waals surface area contributed by atoms with E-state index in [1.54, 1.807) is 43.9 Å². The van der Waals surface area contributed by atoms with Gasteiger partial charge in [-0.1, -0.05) is 0 Å². The Bertz CT molecular complexity index is 1120. The smallest absolute Gasteiger partial charge is 0.332 e. The second-order valence-electron chi connectivity index (χ2n) is 7.15. The zero-order valence-corrected chi connectivity index (χ0v) is 17.6. The van der Waals surface area contributed by atoms with Crippen molar-refractivity contribution < 1.29 is 27.9 Å². The summed E-state index contributed by atoms with van der Waals surface area (Å²) in [6.45, 7) is 5.21. The van der Waals surface area contributed by atoms with E-state index in [0.717, 1.165) is 21.3 Å². The van der Waals surface area contributed by atoms with Gasteiger partial charge in [-0.15, -0.1) is 0 Å². The van der Waals surface area contributed by atoms with E-state index in [1.807, 2.05) is 5.32 Å². The Morgan fingerprint density at radius 1 is 1.14 bits per heavy atom. The molecule has 3 rings (SSSR count). The largest absolute Gasteiger partial charge is 1.00 e. The van der Waals surface area contributed by atoms with Crippen LogP contribution in [0.15, 0.2) is 28.0 Å². The summed E-state index contributed by atoms with van der Waals surface area (Å²) in [6, 6.07) is 3.57. The molecule has 0 saturated heterocycles. The highest BCUT2D eigenvalue weighted by Gasteiger charge is 2.15. The lowest BCUT2D eigenvalue weighted by Gasteiger charge is -2.13. The minimum absolute atomic E-state index is 0. The second kappa shape index (κ2) is 8.81. The number of nitrogens with two attached hydrogens (primary N) is 1. The van der Waals surface area contributed by atoms with Gasteiger partial charge in [0.25, 0.3) is 5.56 Å². The predicted octanol–water partition coefficient (Wildman–Crippen LogP) is -3.94. The zero-order valence-electron chi connectivity index (χ0n) is 16.9. The normalized spacial score (nSPS) is 12.2. The number of nitrogens with zero attached hydrogens (tertiary/aromatic N) is 4. The quantitative estimate of drug-likeness (QED) is 0.350. The number of phenols is 1. The van der Waals surface area contributed by atoms with Crippen LogP contribution in [0.2, 0.25) is 0 Å². The van der Waals surface area contributed by atoms with Gasteiger partial charge in [0.15, 0.2) is 11.2 Å². The number of aryl methyl sites for hydroxylation is 3. The lowest BCUT2D eigenvalue weighted by Crippen LogP contribution is -3.00. The molecule has 0 amide bonds. The number of hydrogen-bond donors (Lipinski definition) is 3. The molecule has 0 bridgehead atoms. The highest BCUT2D eigenvalue weighted by atomic mass is 35.5. The average molecular weight is 424 g/mol. The molecule has 2 aromatic heterocycles. The molecule has 158 valence electrons. The van der Waals surface area contributed by atoms with Gasteiger partial charge in [0.05, 0.1) is 19.4 Å². The first-order valence-corrected chi connectivity index (χ1v) is 9.13. The molecule has 0 spiro atoms. The van der Waals surface area contributed by atoms with E-state index in [0.29, 0.717) is 30.8 Å². The Labute approximate surface area is 173 Å². The molecular weight excluding hydrogens is 398 g/mol. The molecule has 0 fully saturated rings. The summed E-state index contributed by atoms with van der Waals surface area (Å²) in [5.74, 6) is 0.253. The molecule has 2 heterocycles. The second-order valence-corrected chi connectivity index (χ2v) is 7.15. The van der Waals surface area contributed by atoms with E-state index in [2.05, 4.69) is 4.98 Å². The highest BCUT2D eigenvalue weighted by molar-refractivity contribution is 5.69. The number of fused-ring (bicyclic) bond motifs is 1. The van der Waals surface area contributed by atoms with Gasteiger partial charge in [-0.05, 0) is 42.7 Å². The van der Waals surface area contributed by atoms with Crippen LogP contribution < -0.4 is 29.0 Å². The van der Waals surface area contributed by atoms with Crippen molar-refractivity contribution in [2.24, 2.45) is 14.1 Å². The molecule has 9 nitrogen and oxygen atoms in total. The van der Waals surface area contributed by atoms with Crippen LogP contribution >= 0.6 is 0 Å². The lowest BCUT2D eigenvalue weighted by atomic mass is 10.0. The van der Waals surface area contributed by atoms with Gasteiger partial charge >= 0.3 is 5.69 Å². The standard InChI is InChI=1S/C19H25N5O4.ClH/c1-11-7-13(8-12(2)16(11)26)14(25)9-20-5-6-24-10-21-17-15(24)18(27)23(4)19(28)22(17)3;/h7-8,10,14,20,25-26H,5-6,9H2,1-4H3;1H. The minimum Gasteiger partial charge on any atom is -1.00 e. The van der Waals surface area contributed by atoms with Gasteiger partial charge in [0.1, 0.15) is 18.4 Å². The molecule has 1 unspecified atom stereocenters. The van der Waals surface area contributed by atoms with Crippen LogP contribution in [-0.4, -0.2) is 42.0 Å². The first-order valence-electron chi connectivity index (χ1n) is 9.13. The van der Waals surface area contributed by atoms with E-state index < -0.39 is 11.8 Å². The predicted molar refractivity (Wildman–Crippen MR) is 104 cm³/mol. The molecule has 1 aromatic carbocycles. The van der Waals surface area contributed by atoms with Crippen molar-refractivity contribution in [3.63, 3.8) is 0 Å². The number of benzene rings is 1. The maximum atomic E-state index is 12.4. The molecule has 0 aliphatic carbocycles. The molecule has 3 aromatic rings. The topological polar surface area (TPSA) is 119 Å². The van der Waals surface area contributed by atoms with Gasteiger partial charge < -0.3 is 32.5 Å². The van der Waals surface area contributed by atoms with Crippen molar-refractivity contribution in [2.45, 2.75) is 26.5 Å². The van der Waals surface area contributed by atoms with Gasteiger partial charge in [-0.2, -0.15) is 0 Å². The summed E-state index contributed by atoms with van der Waals surface area (Å²) in [5.41, 5.74) is 2.22. The minimum atomic E-state index is -0.661. The third kappa shape index (κ3) is 4.21. The number of aromatic nitrogens is 4. The number of aliphatic hydroxyl groups is 1. The molecule has 10 heteroatoms. The van der Waals surface area contributed by atoms with Crippen LogP contribution in [0.1, 0.15) is 22.8 Å². The average Bonchev–Trinajstić information content (AvgIpc) is 3.09. The first-order chi connectivity index (χ1) is 13.2. The van der Waals surface area contributed by atoms with Crippen molar-refractivity contribution in [2.75, 3.05) is 13.1 Å². The fraction of sp³-hybridized carbons (Fsp3) is 0.421. The third-order valence-electron chi connectivity index (χ3n) is 5.08. The number of imidazole rings is 1. The number of phenolic OH excluding ortho intramolecular Hbond substituents is 1. The van der Waals surface area contributed by atoms with Crippen molar-refractivity contribution in [3.05, 3.63) is 56.0 Å². The SMILES string of the molecule is Cc1cc(C(O)C[NH2+]CCn2cnc3c2c(=O)n(C)c(=O)n3C)cc(C)c1O.[Cl-]. The Morgan fingerprint density at radius 3 is 2.38 bits per heavy atom. The number of aliphatic hydroxyl groups excluding tert-OH is 1. The van der Waals surface area contributed by atoms with E-state index in [4.69, 9.17) is 0 Å². The van der Waals surface area contributed by atoms with Crippen LogP contribution in [0, 0.1) is 13.8 Å². The summed E-state index contributed by atoms with van der Waals surface area (Å²) in [4.78, 5) is 28.6. The van der Waals surface area contributed by atoms with Crippen LogP contribution in [0.25, 0.3) is 11.2 Å². The number of rotatable bonds is 6.